The SMILES string of the molecule is CCCC1(C2CC2)c2cc(Cl)ccc2N(Cc2ccc(OC)cc2)CN1CC1CC1. The van der Waals surface area contributed by atoms with E-state index in [2.05, 4.69) is 59.2 Å². The van der Waals surface area contributed by atoms with Crippen LogP contribution in [0.1, 0.15) is 56.6 Å². The molecule has 2 aromatic carbocycles. The standard InChI is InChI=1S/C26H33ClN2O/c1-3-14-26(21-8-9-21)24-15-22(27)10-13-25(24)28(18-29(26)17-20-4-5-20)16-19-6-11-23(30-2)12-7-19/h6-7,10-13,15,20-21H,3-5,8-9,14,16-18H2,1-2H3. The molecule has 2 aliphatic carbocycles. The highest BCUT2D eigenvalue weighted by atomic mass is 35.5. The van der Waals surface area contributed by atoms with Gasteiger partial charge in [-0.3, -0.25) is 4.90 Å². The number of methoxy groups -OCH3 is 1. The van der Waals surface area contributed by atoms with Gasteiger partial charge in [-0.15, -0.1) is 0 Å². The zero-order chi connectivity index (χ0) is 20.7. The van der Waals surface area contributed by atoms with E-state index in [1.54, 1.807) is 7.11 Å². The van der Waals surface area contributed by atoms with Gasteiger partial charge in [0.05, 0.1) is 19.3 Å². The van der Waals surface area contributed by atoms with Crippen LogP contribution in [0.2, 0.25) is 5.02 Å². The van der Waals surface area contributed by atoms with Crippen LogP contribution in [-0.4, -0.2) is 25.2 Å². The van der Waals surface area contributed by atoms with E-state index in [1.807, 2.05) is 0 Å². The minimum atomic E-state index is 0.161. The Balaban J connectivity index is 1.55. The van der Waals surface area contributed by atoms with Crippen molar-refractivity contribution in [2.75, 3.05) is 25.2 Å². The van der Waals surface area contributed by atoms with Gasteiger partial charge in [-0.2, -0.15) is 0 Å². The van der Waals surface area contributed by atoms with Crippen LogP contribution in [0.15, 0.2) is 42.5 Å². The topological polar surface area (TPSA) is 15.7 Å². The number of nitrogens with zero attached hydrogens (tertiary/aromatic N) is 2. The first-order valence-electron chi connectivity index (χ1n) is 11.6. The molecule has 0 bridgehead atoms. The predicted octanol–water partition coefficient (Wildman–Crippen LogP) is 6.44. The summed E-state index contributed by atoms with van der Waals surface area (Å²) in [6.45, 7) is 5.48. The van der Waals surface area contributed by atoms with E-state index in [4.69, 9.17) is 16.3 Å². The van der Waals surface area contributed by atoms with Gasteiger partial charge < -0.3 is 9.64 Å². The van der Waals surface area contributed by atoms with Crippen molar-refractivity contribution in [3.8, 4) is 5.75 Å². The van der Waals surface area contributed by atoms with Gasteiger partial charge in [-0.1, -0.05) is 37.1 Å². The minimum absolute atomic E-state index is 0.161. The fourth-order valence-corrected chi connectivity index (χ4v) is 5.72. The first-order chi connectivity index (χ1) is 14.6. The summed E-state index contributed by atoms with van der Waals surface area (Å²) in [6.07, 6.45) is 7.93. The summed E-state index contributed by atoms with van der Waals surface area (Å²) in [5, 5.41) is 0.868. The number of ether oxygens (including phenoxy) is 1. The van der Waals surface area contributed by atoms with Crippen molar-refractivity contribution in [1.29, 1.82) is 0 Å². The lowest BCUT2D eigenvalue weighted by molar-refractivity contribution is 0.0382. The highest BCUT2D eigenvalue weighted by Gasteiger charge is 2.54. The molecule has 3 nitrogen and oxygen atoms in total. The minimum Gasteiger partial charge on any atom is -0.497 e. The van der Waals surface area contributed by atoms with Crippen molar-refractivity contribution in [2.24, 2.45) is 11.8 Å². The van der Waals surface area contributed by atoms with Gasteiger partial charge in [0.15, 0.2) is 0 Å². The molecule has 0 amide bonds. The number of benzene rings is 2. The van der Waals surface area contributed by atoms with Crippen LogP contribution in [0.5, 0.6) is 5.75 Å². The van der Waals surface area contributed by atoms with E-state index >= 15 is 0 Å². The van der Waals surface area contributed by atoms with Gasteiger partial charge in [0.25, 0.3) is 0 Å². The van der Waals surface area contributed by atoms with Gasteiger partial charge >= 0.3 is 0 Å². The Morgan fingerprint density at radius 1 is 1.07 bits per heavy atom. The summed E-state index contributed by atoms with van der Waals surface area (Å²) in [5.41, 5.74) is 4.33. The lowest BCUT2D eigenvalue weighted by Gasteiger charge is -2.53. The van der Waals surface area contributed by atoms with Crippen LogP contribution in [0.3, 0.4) is 0 Å². The molecule has 2 aromatic rings. The molecule has 1 heterocycles. The Kier molecular flexibility index (Phi) is 5.45. The zero-order valence-electron chi connectivity index (χ0n) is 18.2. The van der Waals surface area contributed by atoms with Crippen LogP contribution in [-0.2, 0) is 12.1 Å². The maximum atomic E-state index is 6.59. The summed E-state index contributed by atoms with van der Waals surface area (Å²) in [5.74, 6) is 2.57. The van der Waals surface area contributed by atoms with E-state index in [0.717, 1.165) is 35.8 Å². The Morgan fingerprint density at radius 2 is 1.83 bits per heavy atom. The third-order valence-corrected chi connectivity index (χ3v) is 7.50. The highest BCUT2D eigenvalue weighted by molar-refractivity contribution is 6.30. The summed E-state index contributed by atoms with van der Waals surface area (Å²) >= 11 is 6.59. The van der Waals surface area contributed by atoms with Crippen molar-refractivity contribution >= 4 is 17.3 Å². The average Bonchev–Trinajstić information content (AvgIpc) is 3.66. The second kappa shape index (κ2) is 8.09. The third kappa shape index (κ3) is 3.71. The molecular weight excluding hydrogens is 392 g/mol. The fraction of sp³-hybridized carbons (Fsp3) is 0.538. The van der Waals surface area contributed by atoms with Crippen LogP contribution >= 0.6 is 11.6 Å². The average molecular weight is 425 g/mol. The van der Waals surface area contributed by atoms with E-state index in [9.17, 15) is 0 Å². The van der Waals surface area contributed by atoms with Crippen molar-refractivity contribution < 1.29 is 4.74 Å². The molecule has 0 saturated heterocycles. The molecular formula is C26H33ClN2O. The number of hydrogen-bond donors (Lipinski definition) is 0. The number of fused-ring (bicyclic) bond motifs is 1. The van der Waals surface area contributed by atoms with Gasteiger partial charge in [-0.05, 0) is 85.4 Å². The molecule has 0 aromatic heterocycles. The highest BCUT2D eigenvalue weighted by Crippen LogP contribution is 2.57. The quantitative estimate of drug-likeness (QED) is 0.484. The van der Waals surface area contributed by atoms with Gasteiger partial charge in [0.1, 0.15) is 5.75 Å². The molecule has 5 rings (SSSR count). The summed E-state index contributed by atoms with van der Waals surface area (Å²) in [6, 6.07) is 15.1. The largest absolute Gasteiger partial charge is 0.497 e. The van der Waals surface area contributed by atoms with Crippen molar-refractivity contribution in [1.82, 2.24) is 4.90 Å². The second-order valence-corrected chi connectivity index (χ2v) is 9.90. The Bertz CT molecular complexity index is 890. The molecule has 160 valence electrons. The molecule has 30 heavy (non-hydrogen) atoms. The fourth-order valence-electron chi connectivity index (χ4n) is 5.55. The van der Waals surface area contributed by atoms with E-state index < -0.39 is 0 Å². The van der Waals surface area contributed by atoms with E-state index in [-0.39, 0.29) is 5.54 Å². The van der Waals surface area contributed by atoms with Crippen LogP contribution < -0.4 is 9.64 Å². The first-order valence-corrected chi connectivity index (χ1v) is 11.9. The summed E-state index contributed by atoms with van der Waals surface area (Å²) < 4.78 is 5.35. The molecule has 0 N–H and O–H groups in total. The summed E-state index contributed by atoms with van der Waals surface area (Å²) in [7, 11) is 1.72. The molecule has 4 heteroatoms. The normalized spacial score (nSPS) is 24.0. The van der Waals surface area contributed by atoms with Crippen molar-refractivity contribution in [3.63, 3.8) is 0 Å². The third-order valence-electron chi connectivity index (χ3n) is 7.26. The number of halogens is 1. The van der Waals surface area contributed by atoms with Gasteiger partial charge in [-0.25, -0.2) is 0 Å². The van der Waals surface area contributed by atoms with Crippen LogP contribution in [0.25, 0.3) is 0 Å². The van der Waals surface area contributed by atoms with Gasteiger partial charge in [0, 0.05) is 23.8 Å². The molecule has 1 unspecified atom stereocenters. The smallest absolute Gasteiger partial charge is 0.118 e. The number of anilines is 1. The second-order valence-electron chi connectivity index (χ2n) is 9.46. The molecule has 2 fully saturated rings. The van der Waals surface area contributed by atoms with Crippen molar-refractivity contribution in [2.45, 2.75) is 57.5 Å². The first kappa shape index (κ1) is 20.2. The molecule has 2 saturated carbocycles. The maximum Gasteiger partial charge on any atom is 0.118 e. The molecule has 1 atom stereocenters. The zero-order valence-corrected chi connectivity index (χ0v) is 19.0. The number of rotatable bonds is 8. The van der Waals surface area contributed by atoms with Crippen molar-refractivity contribution in [3.05, 3.63) is 58.6 Å². The lowest BCUT2D eigenvalue weighted by Crippen LogP contribution is -2.57. The maximum absolute atomic E-state index is 6.59. The van der Waals surface area contributed by atoms with Crippen LogP contribution in [0.4, 0.5) is 5.69 Å². The number of hydrogen-bond acceptors (Lipinski definition) is 3. The predicted molar refractivity (Wildman–Crippen MR) is 124 cm³/mol. The molecule has 3 aliphatic rings. The van der Waals surface area contributed by atoms with E-state index in [1.165, 1.54) is 61.9 Å². The Hall–Kier alpha value is -1.71. The molecule has 1 aliphatic heterocycles. The monoisotopic (exact) mass is 424 g/mol. The Morgan fingerprint density at radius 3 is 2.47 bits per heavy atom. The van der Waals surface area contributed by atoms with E-state index in [0.29, 0.717) is 0 Å². The van der Waals surface area contributed by atoms with Crippen LogP contribution in [0, 0.1) is 11.8 Å². The lowest BCUT2D eigenvalue weighted by atomic mass is 9.76. The molecule has 0 spiro atoms. The Labute approximate surface area is 186 Å². The summed E-state index contributed by atoms with van der Waals surface area (Å²) in [4.78, 5) is 5.40. The molecule has 0 radical (unpaired) electrons. The van der Waals surface area contributed by atoms with Gasteiger partial charge in [0.2, 0.25) is 0 Å².